The Labute approximate surface area is 98.8 Å². The molecule has 6 heteroatoms. The minimum Gasteiger partial charge on any atom is -0.360 e. The lowest BCUT2D eigenvalue weighted by Gasteiger charge is -2.03. The van der Waals surface area contributed by atoms with Gasteiger partial charge in [-0.25, -0.2) is 4.98 Å². The molecule has 1 amide bonds. The number of aryl methyl sites for hydroxylation is 1. The van der Waals surface area contributed by atoms with E-state index in [1.807, 2.05) is 6.92 Å². The Hall–Kier alpha value is -1.17. The highest BCUT2D eigenvalue weighted by Gasteiger charge is 2.22. The van der Waals surface area contributed by atoms with Crippen LogP contribution in [-0.2, 0) is 4.79 Å². The number of nitrogens with one attached hydrogen (secondary N) is 2. The molecule has 0 saturated heterocycles. The number of rotatable bonds is 6. The van der Waals surface area contributed by atoms with Gasteiger partial charge in [0.25, 0.3) is 0 Å². The van der Waals surface area contributed by atoms with Crippen LogP contribution in [0.3, 0.4) is 0 Å². The second-order valence-corrected chi connectivity index (χ2v) is 4.77. The summed E-state index contributed by atoms with van der Waals surface area (Å²) in [6, 6.07) is 0.464. The van der Waals surface area contributed by atoms with Crippen LogP contribution in [0, 0.1) is 6.92 Å². The third kappa shape index (κ3) is 3.77. The fourth-order valence-electron chi connectivity index (χ4n) is 1.34. The monoisotopic (exact) mass is 240 g/mol. The van der Waals surface area contributed by atoms with Crippen LogP contribution >= 0.6 is 11.5 Å². The fraction of sp³-hybridized carbons (Fsp3) is 0.700. The number of hydrogen-bond donors (Lipinski definition) is 2. The molecule has 1 aliphatic rings. The fourth-order valence-corrected chi connectivity index (χ4v) is 1.94. The Morgan fingerprint density at radius 3 is 3.00 bits per heavy atom. The van der Waals surface area contributed by atoms with E-state index in [9.17, 15) is 4.79 Å². The molecule has 0 aromatic carbocycles. The molecular formula is C10H16N4OS. The lowest BCUT2D eigenvalue weighted by atomic mass is 10.3. The summed E-state index contributed by atoms with van der Waals surface area (Å²) in [7, 11) is 0. The maximum atomic E-state index is 11.3. The van der Waals surface area contributed by atoms with Crippen molar-refractivity contribution in [3.63, 3.8) is 0 Å². The normalized spacial score (nSPS) is 14.8. The number of carbonyl (C=O) groups excluding carboxylic acids is 1. The van der Waals surface area contributed by atoms with E-state index >= 15 is 0 Å². The minimum atomic E-state index is 0.165. The Morgan fingerprint density at radius 2 is 2.38 bits per heavy atom. The molecule has 0 atom stereocenters. The molecule has 88 valence electrons. The molecule has 2 N–H and O–H groups in total. The van der Waals surface area contributed by atoms with Crippen LogP contribution in [0.5, 0.6) is 0 Å². The van der Waals surface area contributed by atoms with Crippen molar-refractivity contribution in [1.82, 2.24) is 14.7 Å². The average molecular weight is 240 g/mol. The highest BCUT2D eigenvalue weighted by atomic mass is 32.1. The number of nitrogens with zero attached hydrogens (tertiary/aromatic N) is 2. The topological polar surface area (TPSA) is 66.9 Å². The van der Waals surface area contributed by atoms with E-state index < -0.39 is 0 Å². The predicted octanol–water partition coefficient (Wildman–Crippen LogP) is 1.32. The van der Waals surface area contributed by atoms with Crippen molar-refractivity contribution in [2.75, 3.05) is 11.9 Å². The van der Waals surface area contributed by atoms with Crippen LogP contribution in [0.1, 0.15) is 31.5 Å². The predicted molar refractivity (Wildman–Crippen MR) is 63.5 cm³/mol. The molecule has 0 aliphatic heterocycles. The summed E-state index contributed by atoms with van der Waals surface area (Å²) in [5, 5.41) is 6.95. The first kappa shape index (κ1) is 11.3. The van der Waals surface area contributed by atoms with E-state index in [-0.39, 0.29) is 5.91 Å². The van der Waals surface area contributed by atoms with E-state index in [0.29, 0.717) is 12.5 Å². The molecule has 16 heavy (non-hydrogen) atoms. The molecule has 1 heterocycles. The van der Waals surface area contributed by atoms with Crippen molar-refractivity contribution in [2.45, 2.75) is 38.6 Å². The number of anilines is 1. The van der Waals surface area contributed by atoms with Gasteiger partial charge in [-0.3, -0.25) is 4.79 Å². The Balaban J connectivity index is 1.55. The van der Waals surface area contributed by atoms with Gasteiger partial charge in [0.05, 0.1) is 0 Å². The second-order valence-electron chi connectivity index (χ2n) is 4.02. The van der Waals surface area contributed by atoms with Crippen LogP contribution in [0.2, 0.25) is 0 Å². The van der Waals surface area contributed by atoms with Gasteiger partial charge in [0.15, 0.2) is 0 Å². The van der Waals surface area contributed by atoms with Crippen LogP contribution in [0.4, 0.5) is 5.13 Å². The van der Waals surface area contributed by atoms with E-state index in [1.165, 1.54) is 11.5 Å². The lowest BCUT2D eigenvalue weighted by Crippen LogP contribution is -2.25. The van der Waals surface area contributed by atoms with Gasteiger partial charge in [0.1, 0.15) is 5.82 Å². The summed E-state index contributed by atoms with van der Waals surface area (Å²) in [5.74, 6) is 0.955. The molecule has 0 radical (unpaired) electrons. The molecule has 1 fully saturated rings. The molecule has 2 rings (SSSR count). The Kier molecular flexibility index (Phi) is 3.71. The third-order valence-corrected chi connectivity index (χ3v) is 3.09. The average Bonchev–Trinajstić information content (AvgIpc) is 2.95. The molecule has 0 bridgehead atoms. The third-order valence-electron chi connectivity index (χ3n) is 2.33. The molecule has 5 nitrogen and oxygen atoms in total. The van der Waals surface area contributed by atoms with Gasteiger partial charge in [-0.2, -0.15) is 4.37 Å². The van der Waals surface area contributed by atoms with Gasteiger partial charge in [-0.05, 0) is 26.2 Å². The smallest absolute Gasteiger partial charge is 0.220 e. The number of amides is 1. The molecular weight excluding hydrogens is 224 g/mol. The van der Waals surface area contributed by atoms with Crippen molar-refractivity contribution in [2.24, 2.45) is 0 Å². The van der Waals surface area contributed by atoms with Crippen molar-refractivity contribution in [1.29, 1.82) is 0 Å². The minimum absolute atomic E-state index is 0.165. The number of hydrogen-bond acceptors (Lipinski definition) is 5. The lowest BCUT2D eigenvalue weighted by molar-refractivity contribution is -0.121. The van der Waals surface area contributed by atoms with Crippen molar-refractivity contribution < 1.29 is 4.79 Å². The van der Waals surface area contributed by atoms with Crippen molar-refractivity contribution >= 4 is 22.6 Å². The van der Waals surface area contributed by atoms with E-state index in [0.717, 1.165) is 36.8 Å². The second kappa shape index (κ2) is 5.25. The zero-order chi connectivity index (χ0) is 11.4. The molecule has 1 aliphatic carbocycles. The zero-order valence-corrected chi connectivity index (χ0v) is 10.1. The molecule has 1 aromatic heterocycles. The summed E-state index contributed by atoms with van der Waals surface area (Å²) in [6.07, 6.45) is 3.71. The molecule has 1 aromatic rings. The first-order chi connectivity index (χ1) is 7.74. The van der Waals surface area contributed by atoms with Crippen molar-refractivity contribution in [3.05, 3.63) is 5.82 Å². The number of aromatic nitrogens is 2. The number of carbonyl (C=O) groups is 1. The van der Waals surface area contributed by atoms with Gasteiger partial charge in [0.2, 0.25) is 11.0 Å². The summed E-state index contributed by atoms with van der Waals surface area (Å²) in [6.45, 7) is 2.64. The summed E-state index contributed by atoms with van der Waals surface area (Å²) >= 11 is 1.36. The first-order valence-electron chi connectivity index (χ1n) is 5.57. The quantitative estimate of drug-likeness (QED) is 0.736. The summed E-state index contributed by atoms with van der Waals surface area (Å²) < 4.78 is 4.07. The van der Waals surface area contributed by atoms with Gasteiger partial charge >= 0.3 is 0 Å². The summed E-state index contributed by atoms with van der Waals surface area (Å²) in [4.78, 5) is 15.5. The van der Waals surface area contributed by atoms with E-state index in [1.54, 1.807) is 0 Å². The SMILES string of the molecule is Cc1nsc(NCCCC(=O)NC2CC2)n1. The standard InChI is InChI=1S/C10H16N4OS/c1-7-12-10(16-14-7)11-6-2-3-9(15)13-8-4-5-8/h8H,2-6H2,1H3,(H,13,15)(H,11,12,14). The molecule has 0 spiro atoms. The van der Waals surface area contributed by atoms with Crippen LogP contribution in [0.15, 0.2) is 0 Å². The first-order valence-corrected chi connectivity index (χ1v) is 6.35. The molecule has 1 saturated carbocycles. The Morgan fingerprint density at radius 1 is 1.56 bits per heavy atom. The highest BCUT2D eigenvalue weighted by Crippen LogP contribution is 2.18. The summed E-state index contributed by atoms with van der Waals surface area (Å²) in [5.41, 5.74) is 0. The van der Waals surface area contributed by atoms with Gasteiger partial charge in [-0.1, -0.05) is 0 Å². The maximum Gasteiger partial charge on any atom is 0.220 e. The zero-order valence-electron chi connectivity index (χ0n) is 9.32. The highest BCUT2D eigenvalue weighted by molar-refractivity contribution is 7.09. The van der Waals surface area contributed by atoms with Crippen LogP contribution in [-0.4, -0.2) is 27.9 Å². The van der Waals surface area contributed by atoms with E-state index in [4.69, 9.17) is 0 Å². The van der Waals surface area contributed by atoms with Gasteiger partial charge in [-0.15, -0.1) is 0 Å². The van der Waals surface area contributed by atoms with E-state index in [2.05, 4.69) is 20.0 Å². The van der Waals surface area contributed by atoms with Crippen LogP contribution < -0.4 is 10.6 Å². The maximum absolute atomic E-state index is 11.3. The van der Waals surface area contributed by atoms with Gasteiger partial charge in [0, 0.05) is 30.5 Å². The Bertz CT molecular complexity index is 361. The van der Waals surface area contributed by atoms with Gasteiger partial charge < -0.3 is 10.6 Å². The molecule has 0 unspecified atom stereocenters. The van der Waals surface area contributed by atoms with Crippen molar-refractivity contribution in [3.8, 4) is 0 Å². The van der Waals surface area contributed by atoms with Crippen LogP contribution in [0.25, 0.3) is 0 Å². The largest absolute Gasteiger partial charge is 0.360 e.